The van der Waals surface area contributed by atoms with Gasteiger partial charge < -0.3 is 10.2 Å². The third-order valence-electron chi connectivity index (χ3n) is 6.91. The zero-order chi connectivity index (χ0) is 28.9. The lowest BCUT2D eigenvalue weighted by Crippen LogP contribution is -2.52. The highest BCUT2D eigenvalue weighted by Gasteiger charge is 2.34. The van der Waals surface area contributed by atoms with Crippen molar-refractivity contribution in [2.24, 2.45) is 0 Å². The van der Waals surface area contributed by atoms with Gasteiger partial charge in [0.1, 0.15) is 18.4 Å². The predicted octanol–water partition coefficient (Wildman–Crippen LogP) is 5.80. The van der Waals surface area contributed by atoms with Gasteiger partial charge in [-0.25, -0.2) is 12.8 Å². The minimum Gasteiger partial charge on any atom is -0.352 e. The van der Waals surface area contributed by atoms with E-state index in [2.05, 4.69) is 5.32 Å². The lowest BCUT2D eigenvalue weighted by Gasteiger charge is -2.32. The first-order chi connectivity index (χ1) is 19.1. The van der Waals surface area contributed by atoms with Crippen LogP contribution in [-0.4, -0.2) is 43.8 Å². The molecule has 0 bridgehead atoms. The van der Waals surface area contributed by atoms with E-state index in [4.69, 9.17) is 23.2 Å². The van der Waals surface area contributed by atoms with Crippen LogP contribution in [0.15, 0.2) is 77.7 Å². The van der Waals surface area contributed by atoms with Crippen LogP contribution in [0.2, 0.25) is 10.0 Å². The Morgan fingerprint density at radius 1 is 0.975 bits per heavy atom. The quantitative estimate of drug-likeness (QED) is 0.316. The van der Waals surface area contributed by atoms with Gasteiger partial charge in [0, 0.05) is 28.2 Å². The van der Waals surface area contributed by atoms with Crippen LogP contribution in [0.3, 0.4) is 0 Å². The number of rotatable bonds is 10. The fourth-order valence-electron chi connectivity index (χ4n) is 4.72. The largest absolute Gasteiger partial charge is 0.352 e. The highest BCUT2D eigenvalue weighted by atomic mass is 35.5. The van der Waals surface area contributed by atoms with Gasteiger partial charge in [0.05, 0.1) is 10.6 Å². The summed E-state index contributed by atoms with van der Waals surface area (Å²) in [6, 6.07) is 16.8. The molecule has 7 nitrogen and oxygen atoms in total. The molecule has 1 N–H and O–H groups in total. The topological polar surface area (TPSA) is 86.8 Å². The summed E-state index contributed by atoms with van der Waals surface area (Å²) in [7, 11) is -4.27. The number of benzene rings is 3. The summed E-state index contributed by atoms with van der Waals surface area (Å²) in [5, 5.41) is 3.33. The highest BCUT2D eigenvalue weighted by molar-refractivity contribution is 7.92. The normalized spacial score (nSPS) is 14.5. The summed E-state index contributed by atoms with van der Waals surface area (Å²) < 4.78 is 43.1. The highest BCUT2D eigenvalue weighted by Crippen LogP contribution is 2.30. The monoisotopic (exact) mass is 605 g/mol. The molecule has 1 unspecified atom stereocenters. The molecule has 0 saturated heterocycles. The molecule has 1 saturated carbocycles. The molecule has 1 fully saturated rings. The number of halogens is 3. The van der Waals surface area contributed by atoms with Gasteiger partial charge in [-0.05, 0) is 56.2 Å². The molecule has 3 aromatic carbocycles. The van der Waals surface area contributed by atoms with Crippen molar-refractivity contribution in [1.82, 2.24) is 10.2 Å². The van der Waals surface area contributed by atoms with Gasteiger partial charge in [-0.2, -0.15) is 0 Å². The van der Waals surface area contributed by atoms with Crippen LogP contribution >= 0.6 is 23.2 Å². The van der Waals surface area contributed by atoms with Gasteiger partial charge in [-0.1, -0.05) is 72.4 Å². The second kappa shape index (κ2) is 13.0. The third kappa shape index (κ3) is 7.13. The SMILES string of the molecule is CC(C(=O)NC1CCCC1)N(Cc1ccccc1F)C(=O)CN(c1cc(Cl)cc(Cl)c1)S(=O)(=O)c1ccccc1. The molecule has 1 aliphatic carbocycles. The zero-order valence-electron chi connectivity index (χ0n) is 21.9. The molecule has 11 heteroatoms. The first kappa shape index (κ1) is 29.8. The van der Waals surface area contributed by atoms with E-state index >= 15 is 0 Å². The molecule has 4 rings (SSSR count). The minimum atomic E-state index is -4.27. The van der Waals surface area contributed by atoms with Gasteiger partial charge >= 0.3 is 0 Å². The molecule has 0 aliphatic heterocycles. The van der Waals surface area contributed by atoms with Crippen molar-refractivity contribution in [3.05, 3.63) is 94.2 Å². The lowest BCUT2D eigenvalue weighted by atomic mass is 10.1. The van der Waals surface area contributed by atoms with Gasteiger partial charge in [0.25, 0.3) is 10.0 Å². The molecule has 0 aromatic heterocycles. The predicted molar refractivity (Wildman–Crippen MR) is 154 cm³/mol. The molecule has 1 aliphatic rings. The number of sulfonamides is 1. The zero-order valence-corrected chi connectivity index (χ0v) is 24.2. The molecule has 0 radical (unpaired) electrons. The lowest BCUT2D eigenvalue weighted by molar-refractivity contribution is -0.139. The van der Waals surface area contributed by atoms with Crippen LogP contribution < -0.4 is 9.62 Å². The van der Waals surface area contributed by atoms with E-state index in [0.717, 1.165) is 30.0 Å². The molecule has 2 amide bonds. The van der Waals surface area contributed by atoms with Crippen LogP contribution in [-0.2, 0) is 26.2 Å². The third-order valence-corrected chi connectivity index (χ3v) is 9.14. The van der Waals surface area contributed by atoms with Gasteiger partial charge in [0.2, 0.25) is 11.8 Å². The van der Waals surface area contributed by atoms with Gasteiger partial charge in [-0.15, -0.1) is 0 Å². The van der Waals surface area contributed by atoms with Crippen LogP contribution in [0.1, 0.15) is 38.2 Å². The Hall–Kier alpha value is -3.14. The number of anilines is 1. The first-order valence-corrected chi connectivity index (χ1v) is 15.1. The average Bonchev–Trinajstić information content (AvgIpc) is 3.43. The minimum absolute atomic E-state index is 0.00363. The summed E-state index contributed by atoms with van der Waals surface area (Å²) in [6.07, 6.45) is 3.70. The summed E-state index contributed by atoms with van der Waals surface area (Å²) in [5.41, 5.74) is 0.267. The van der Waals surface area contributed by atoms with E-state index in [1.165, 1.54) is 53.4 Å². The van der Waals surface area contributed by atoms with Crippen molar-refractivity contribution in [3.63, 3.8) is 0 Å². The molecular weight excluding hydrogens is 576 g/mol. The van der Waals surface area contributed by atoms with E-state index in [9.17, 15) is 22.4 Å². The fourth-order valence-corrected chi connectivity index (χ4v) is 6.65. The van der Waals surface area contributed by atoms with Gasteiger partial charge in [0.15, 0.2) is 0 Å². The summed E-state index contributed by atoms with van der Waals surface area (Å²) >= 11 is 12.4. The Bertz CT molecular complexity index is 1450. The van der Waals surface area contributed by atoms with Crippen LogP contribution in [0.25, 0.3) is 0 Å². The maximum Gasteiger partial charge on any atom is 0.264 e. The standard InChI is InChI=1S/C29H30Cl2FN3O4S/c1-20(29(37)33-24-10-6-7-11-24)34(18-21-9-5-8-14-27(21)32)28(36)19-35(25-16-22(30)15-23(31)17-25)40(38,39)26-12-3-2-4-13-26/h2-5,8-9,12-17,20,24H,6-7,10-11,18-19H2,1H3,(H,33,37). The summed E-state index contributed by atoms with van der Waals surface area (Å²) in [6.45, 7) is 0.638. The molecule has 40 heavy (non-hydrogen) atoms. The van der Waals surface area contributed by atoms with Crippen molar-refractivity contribution in [2.45, 2.75) is 56.1 Å². The molecule has 0 spiro atoms. The molecule has 1 atom stereocenters. The first-order valence-electron chi connectivity index (χ1n) is 12.9. The van der Waals surface area contributed by atoms with Crippen molar-refractivity contribution in [3.8, 4) is 0 Å². The maximum atomic E-state index is 14.7. The van der Waals surface area contributed by atoms with Crippen LogP contribution in [0.4, 0.5) is 10.1 Å². The van der Waals surface area contributed by atoms with E-state index in [1.54, 1.807) is 31.2 Å². The molecule has 0 heterocycles. The van der Waals surface area contributed by atoms with E-state index in [0.29, 0.717) is 0 Å². The summed E-state index contributed by atoms with van der Waals surface area (Å²) in [4.78, 5) is 28.3. The molecule has 212 valence electrons. The number of carbonyl (C=O) groups is 2. The number of nitrogens with one attached hydrogen (secondary N) is 1. The Morgan fingerprint density at radius 2 is 1.57 bits per heavy atom. The van der Waals surface area contributed by atoms with E-state index in [-0.39, 0.29) is 44.7 Å². The molecule has 3 aromatic rings. The van der Waals surface area contributed by atoms with Crippen molar-refractivity contribution in [1.29, 1.82) is 0 Å². The average molecular weight is 607 g/mol. The van der Waals surface area contributed by atoms with E-state index in [1.807, 2.05) is 0 Å². The summed E-state index contributed by atoms with van der Waals surface area (Å²) in [5.74, 6) is -1.63. The van der Waals surface area contributed by atoms with E-state index < -0.39 is 34.3 Å². The van der Waals surface area contributed by atoms with Crippen molar-refractivity contribution >= 4 is 50.7 Å². The Kier molecular flexibility index (Phi) is 9.71. The maximum absolute atomic E-state index is 14.7. The number of hydrogen-bond donors (Lipinski definition) is 1. The van der Waals surface area contributed by atoms with Crippen LogP contribution in [0.5, 0.6) is 0 Å². The Labute approximate surface area is 243 Å². The number of carbonyl (C=O) groups excluding carboxylic acids is 2. The van der Waals surface area contributed by atoms with Crippen LogP contribution in [0, 0.1) is 5.82 Å². The number of amides is 2. The van der Waals surface area contributed by atoms with Gasteiger partial charge in [-0.3, -0.25) is 13.9 Å². The number of nitrogens with zero attached hydrogens (tertiary/aromatic N) is 2. The van der Waals surface area contributed by atoms with Crippen molar-refractivity contribution in [2.75, 3.05) is 10.8 Å². The molecular formula is C29H30Cl2FN3O4S. The Morgan fingerprint density at radius 3 is 2.20 bits per heavy atom. The second-order valence-corrected chi connectivity index (χ2v) is 12.5. The van der Waals surface area contributed by atoms with Crippen molar-refractivity contribution < 1.29 is 22.4 Å². The number of hydrogen-bond acceptors (Lipinski definition) is 4. The smallest absolute Gasteiger partial charge is 0.264 e. The Balaban J connectivity index is 1.71. The second-order valence-electron chi connectivity index (χ2n) is 9.73. The fraction of sp³-hybridized carbons (Fsp3) is 0.310.